The third kappa shape index (κ3) is 5.97. The van der Waals surface area contributed by atoms with Crippen LogP contribution < -0.4 is 9.44 Å². The maximum Gasteiger partial charge on any atom is 0.288 e. The van der Waals surface area contributed by atoms with Crippen LogP contribution in [0.15, 0.2) is 87.5 Å². The summed E-state index contributed by atoms with van der Waals surface area (Å²) in [5, 5.41) is 8.94. The van der Waals surface area contributed by atoms with Crippen molar-refractivity contribution in [3.8, 4) is 6.07 Å². The van der Waals surface area contributed by atoms with Crippen molar-refractivity contribution in [1.29, 1.82) is 5.26 Å². The van der Waals surface area contributed by atoms with Gasteiger partial charge in [-0.15, -0.1) is 0 Å². The predicted molar refractivity (Wildman–Crippen MR) is 118 cm³/mol. The second-order valence-electron chi connectivity index (χ2n) is 6.28. The summed E-state index contributed by atoms with van der Waals surface area (Å²) in [6.45, 7) is 0. The van der Waals surface area contributed by atoms with Gasteiger partial charge in [0.05, 0.1) is 27.1 Å². The summed E-state index contributed by atoms with van der Waals surface area (Å²) in [4.78, 5) is -0.0842. The Bertz CT molecular complexity index is 1370. The third-order valence-electron chi connectivity index (χ3n) is 4.00. The minimum atomic E-state index is -4.09. The molecule has 0 saturated carbocycles. The van der Waals surface area contributed by atoms with Crippen molar-refractivity contribution in [2.45, 2.75) is 20.4 Å². The summed E-state index contributed by atoms with van der Waals surface area (Å²) >= 11 is 0.336. The van der Waals surface area contributed by atoms with Gasteiger partial charge in [0.25, 0.3) is 25.8 Å². The van der Waals surface area contributed by atoms with Crippen molar-refractivity contribution in [3.05, 3.63) is 78.4 Å². The van der Waals surface area contributed by atoms with Crippen LogP contribution in [0.5, 0.6) is 0 Å². The second-order valence-corrected chi connectivity index (χ2v) is 10.7. The van der Waals surface area contributed by atoms with Crippen LogP contribution in [0.3, 0.4) is 0 Å². The first-order chi connectivity index (χ1) is 15.1. The highest BCUT2D eigenvalue weighted by Gasteiger charge is 2.18. The monoisotopic (exact) mass is 495 g/mol. The van der Waals surface area contributed by atoms with E-state index in [1.807, 2.05) is 6.07 Å². The molecule has 0 heterocycles. The first kappa shape index (κ1) is 23.5. The normalized spacial score (nSPS) is 11.7. The molecular formula is C20H15F2N3O4S3. The molecule has 0 fully saturated rings. The molecule has 0 aliphatic rings. The van der Waals surface area contributed by atoms with Crippen LogP contribution in [0.1, 0.15) is 5.56 Å². The summed E-state index contributed by atoms with van der Waals surface area (Å²) in [5.74, 6) is -2.59. The highest BCUT2D eigenvalue weighted by atomic mass is 32.2. The van der Waals surface area contributed by atoms with Crippen LogP contribution in [0.4, 0.5) is 20.2 Å². The molecule has 0 bridgehead atoms. The van der Waals surface area contributed by atoms with E-state index in [0.717, 1.165) is 6.07 Å². The van der Waals surface area contributed by atoms with Gasteiger partial charge in [-0.25, -0.2) is 16.8 Å². The van der Waals surface area contributed by atoms with E-state index in [2.05, 4.69) is 9.44 Å². The standard InChI is InChI=1S/C20H15F2N3O4S3/c21-20(22)30-17-9-7-15(8-10-17)24-32(28,29)19-6-2-4-16(12-19)25-31(26,27)18-5-1-3-14(11-18)13-23/h1-12,20,24-25H. The number of benzene rings is 3. The molecular weight excluding hydrogens is 480 g/mol. The predicted octanol–water partition coefficient (Wildman–Crippen LogP) is 4.47. The number of thioether (sulfide) groups is 1. The quantitative estimate of drug-likeness (QED) is 0.445. The smallest absolute Gasteiger partial charge is 0.280 e. The fourth-order valence-electron chi connectivity index (χ4n) is 2.59. The number of nitrogens with one attached hydrogen (secondary N) is 2. The highest BCUT2D eigenvalue weighted by molar-refractivity contribution is 7.99. The van der Waals surface area contributed by atoms with E-state index in [0.29, 0.717) is 11.8 Å². The van der Waals surface area contributed by atoms with E-state index in [-0.39, 0.29) is 31.6 Å². The summed E-state index contributed by atoms with van der Waals surface area (Å²) < 4.78 is 80.0. The number of hydrogen-bond acceptors (Lipinski definition) is 6. The molecule has 3 rings (SSSR count). The van der Waals surface area contributed by atoms with Gasteiger partial charge in [-0.2, -0.15) is 14.0 Å². The lowest BCUT2D eigenvalue weighted by Gasteiger charge is -2.12. The van der Waals surface area contributed by atoms with E-state index in [9.17, 15) is 25.6 Å². The Morgan fingerprint density at radius 2 is 1.34 bits per heavy atom. The fourth-order valence-corrected chi connectivity index (χ4v) is 5.29. The van der Waals surface area contributed by atoms with Gasteiger partial charge in [-0.05, 0) is 60.7 Å². The van der Waals surface area contributed by atoms with Crippen LogP contribution in [-0.2, 0) is 20.0 Å². The molecule has 3 aromatic carbocycles. The van der Waals surface area contributed by atoms with Gasteiger partial charge in [0.1, 0.15) is 0 Å². The summed E-state index contributed by atoms with van der Waals surface area (Å²) in [7, 11) is -8.15. The number of sulfonamides is 2. The molecule has 32 heavy (non-hydrogen) atoms. The highest BCUT2D eigenvalue weighted by Crippen LogP contribution is 2.27. The molecule has 0 aliphatic heterocycles. The van der Waals surface area contributed by atoms with Gasteiger partial charge in [-0.1, -0.05) is 23.9 Å². The Morgan fingerprint density at radius 1 is 0.781 bits per heavy atom. The number of halogens is 2. The molecule has 0 aromatic heterocycles. The minimum absolute atomic E-state index is 0.00100. The number of rotatable bonds is 8. The molecule has 0 saturated heterocycles. The average Bonchev–Trinajstić information content (AvgIpc) is 2.74. The number of hydrogen-bond donors (Lipinski definition) is 2. The zero-order chi connectivity index (χ0) is 23.4. The van der Waals surface area contributed by atoms with E-state index >= 15 is 0 Å². The van der Waals surface area contributed by atoms with Crippen molar-refractivity contribution in [2.24, 2.45) is 0 Å². The van der Waals surface area contributed by atoms with Crippen LogP contribution >= 0.6 is 11.8 Å². The Morgan fingerprint density at radius 3 is 1.94 bits per heavy atom. The van der Waals surface area contributed by atoms with Gasteiger partial charge in [0, 0.05) is 10.6 Å². The Kier molecular flexibility index (Phi) is 7.02. The van der Waals surface area contributed by atoms with Crippen molar-refractivity contribution < 1.29 is 25.6 Å². The summed E-state index contributed by atoms with van der Waals surface area (Å²) in [6.07, 6.45) is 0. The summed E-state index contributed by atoms with van der Waals surface area (Å²) in [5.41, 5.74) is 0.313. The van der Waals surface area contributed by atoms with Gasteiger partial charge < -0.3 is 0 Å². The van der Waals surface area contributed by atoms with E-state index in [4.69, 9.17) is 5.26 Å². The van der Waals surface area contributed by atoms with Crippen molar-refractivity contribution in [3.63, 3.8) is 0 Å². The molecule has 0 aliphatic carbocycles. The second kappa shape index (κ2) is 9.56. The first-order valence-corrected chi connectivity index (χ1v) is 12.6. The minimum Gasteiger partial charge on any atom is -0.280 e. The molecule has 3 aromatic rings. The Balaban J connectivity index is 1.80. The van der Waals surface area contributed by atoms with Crippen molar-refractivity contribution >= 4 is 43.2 Å². The lowest BCUT2D eigenvalue weighted by Crippen LogP contribution is -2.15. The molecule has 166 valence electrons. The maximum absolute atomic E-state index is 12.7. The van der Waals surface area contributed by atoms with Gasteiger partial charge in [-0.3, -0.25) is 9.44 Å². The number of nitrogens with zero attached hydrogens (tertiary/aromatic N) is 1. The SMILES string of the molecule is N#Cc1cccc(S(=O)(=O)Nc2cccc(S(=O)(=O)Nc3ccc(SC(F)F)cc3)c2)c1. The van der Waals surface area contributed by atoms with E-state index in [1.165, 1.54) is 66.7 Å². The topological polar surface area (TPSA) is 116 Å². The Hall–Kier alpha value is -3.14. The number of nitriles is 1. The molecule has 2 N–H and O–H groups in total. The zero-order valence-corrected chi connectivity index (χ0v) is 18.5. The Labute approximate surface area is 188 Å². The largest absolute Gasteiger partial charge is 0.288 e. The molecule has 0 unspecified atom stereocenters. The van der Waals surface area contributed by atoms with Crippen LogP contribution in [0.2, 0.25) is 0 Å². The van der Waals surface area contributed by atoms with Crippen LogP contribution in [-0.4, -0.2) is 22.6 Å². The van der Waals surface area contributed by atoms with Crippen molar-refractivity contribution in [1.82, 2.24) is 0 Å². The third-order valence-corrected chi connectivity index (χ3v) is 7.48. The molecule has 12 heteroatoms. The molecule has 0 atom stereocenters. The van der Waals surface area contributed by atoms with Crippen LogP contribution in [0.25, 0.3) is 0 Å². The maximum atomic E-state index is 12.7. The zero-order valence-electron chi connectivity index (χ0n) is 16.1. The fraction of sp³-hybridized carbons (Fsp3) is 0.0500. The summed E-state index contributed by atoms with van der Waals surface area (Å²) in [6, 6.07) is 17.8. The van der Waals surface area contributed by atoms with Crippen molar-refractivity contribution in [2.75, 3.05) is 9.44 Å². The molecule has 0 spiro atoms. The molecule has 0 radical (unpaired) electrons. The molecule has 7 nitrogen and oxygen atoms in total. The lowest BCUT2D eigenvalue weighted by atomic mass is 10.2. The first-order valence-electron chi connectivity index (χ1n) is 8.80. The lowest BCUT2D eigenvalue weighted by molar-refractivity contribution is 0.252. The number of anilines is 2. The molecule has 0 amide bonds. The van der Waals surface area contributed by atoms with Gasteiger partial charge in [0.2, 0.25) is 0 Å². The van der Waals surface area contributed by atoms with E-state index < -0.39 is 25.8 Å². The average molecular weight is 496 g/mol. The number of alkyl halides is 2. The van der Waals surface area contributed by atoms with E-state index in [1.54, 1.807) is 0 Å². The van der Waals surface area contributed by atoms with Gasteiger partial charge >= 0.3 is 0 Å². The van der Waals surface area contributed by atoms with Crippen LogP contribution in [0, 0.1) is 11.3 Å². The van der Waals surface area contributed by atoms with Gasteiger partial charge in [0.15, 0.2) is 0 Å².